The van der Waals surface area contributed by atoms with Crippen molar-refractivity contribution in [3.8, 4) is 5.75 Å². The van der Waals surface area contributed by atoms with Crippen LogP contribution in [-0.4, -0.2) is 30.2 Å². The van der Waals surface area contributed by atoms with Crippen molar-refractivity contribution in [2.45, 2.75) is 19.4 Å². The van der Waals surface area contributed by atoms with Crippen LogP contribution >= 0.6 is 11.3 Å². The number of hydrogen-bond acceptors (Lipinski definition) is 6. The second-order valence-electron chi connectivity index (χ2n) is 6.62. The molecule has 33 heavy (non-hydrogen) atoms. The van der Waals surface area contributed by atoms with Crippen LogP contribution in [0.3, 0.4) is 0 Å². The molecule has 0 radical (unpaired) electrons. The van der Waals surface area contributed by atoms with E-state index in [0.29, 0.717) is 10.6 Å². The summed E-state index contributed by atoms with van der Waals surface area (Å²) >= 11 is 1.27. The molecule has 3 rings (SSSR count). The minimum Gasteiger partial charge on any atom is -0.449 e. The van der Waals surface area contributed by atoms with Crippen LogP contribution in [0.15, 0.2) is 66.0 Å². The molecule has 11 heteroatoms. The van der Waals surface area contributed by atoms with Crippen LogP contribution in [0.25, 0.3) is 0 Å². The van der Waals surface area contributed by atoms with E-state index in [9.17, 15) is 27.6 Å². The number of benzene rings is 2. The number of hydrogen-bond donors (Lipinski definition) is 2. The van der Waals surface area contributed by atoms with Gasteiger partial charge < -0.3 is 20.1 Å². The van der Waals surface area contributed by atoms with E-state index >= 15 is 0 Å². The van der Waals surface area contributed by atoms with Crippen molar-refractivity contribution in [1.82, 2.24) is 0 Å². The second-order valence-corrected chi connectivity index (χ2v) is 7.57. The fraction of sp³-hybridized carbons (Fsp3) is 0.136. The van der Waals surface area contributed by atoms with Crippen molar-refractivity contribution < 1.29 is 37.0 Å². The maximum atomic E-state index is 12.4. The molecule has 1 aromatic heterocycles. The molecule has 1 atom stereocenters. The molecule has 1 heterocycles. The highest BCUT2D eigenvalue weighted by Crippen LogP contribution is 2.24. The van der Waals surface area contributed by atoms with Gasteiger partial charge in [-0.1, -0.05) is 12.1 Å². The minimum absolute atomic E-state index is 0.118. The maximum Gasteiger partial charge on any atom is 0.573 e. The van der Waals surface area contributed by atoms with Crippen LogP contribution < -0.4 is 15.4 Å². The Labute approximate surface area is 190 Å². The third kappa shape index (κ3) is 7.07. The van der Waals surface area contributed by atoms with Crippen molar-refractivity contribution in [3.63, 3.8) is 0 Å². The fourth-order valence-corrected chi connectivity index (χ4v) is 3.21. The summed E-state index contributed by atoms with van der Waals surface area (Å²) in [5.74, 6) is -2.24. The van der Waals surface area contributed by atoms with Gasteiger partial charge in [0.15, 0.2) is 6.10 Å². The Balaban J connectivity index is 1.56. The molecule has 2 amide bonds. The standard InChI is InChI=1S/C22H17F3N2O5S/c1-13(19(28)26-15-7-9-17(10-8-15)32-22(23,24)25)31-21(30)14-4-2-5-16(12-14)27-20(29)18-6-3-11-33-18/h2-13H,1H3,(H,26,28)(H,27,29). The number of nitrogens with one attached hydrogen (secondary N) is 2. The van der Waals surface area contributed by atoms with Crippen LogP contribution in [0.4, 0.5) is 24.5 Å². The third-order valence-corrected chi connectivity index (χ3v) is 4.98. The minimum atomic E-state index is -4.82. The summed E-state index contributed by atoms with van der Waals surface area (Å²) in [6, 6.07) is 13.9. The Hall–Kier alpha value is -3.86. The summed E-state index contributed by atoms with van der Waals surface area (Å²) in [4.78, 5) is 37.4. The summed E-state index contributed by atoms with van der Waals surface area (Å²) in [5.41, 5.74) is 0.684. The van der Waals surface area contributed by atoms with E-state index < -0.39 is 30.1 Å². The predicted octanol–water partition coefficient (Wildman–Crippen LogP) is 5.08. The smallest absolute Gasteiger partial charge is 0.449 e. The monoisotopic (exact) mass is 478 g/mol. The zero-order valence-corrected chi connectivity index (χ0v) is 17.8. The first-order chi connectivity index (χ1) is 15.6. The van der Waals surface area contributed by atoms with Gasteiger partial charge in [0, 0.05) is 11.4 Å². The van der Waals surface area contributed by atoms with Crippen molar-refractivity contribution >= 4 is 40.5 Å². The molecule has 0 aliphatic carbocycles. The lowest BCUT2D eigenvalue weighted by atomic mass is 10.2. The summed E-state index contributed by atoms with van der Waals surface area (Å²) in [7, 11) is 0. The Kier molecular flexibility index (Phi) is 7.34. The molecule has 0 saturated carbocycles. The van der Waals surface area contributed by atoms with Gasteiger partial charge in [-0.05, 0) is 60.8 Å². The number of halogens is 3. The topological polar surface area (TPSA) is 93.7 Å². The van der Waals surface area contributed by atoms with Gasteiger partial charge in [0.25, 0.3) is 11.8 Å². The molecule has 0 spiro atoms. The van der Waals surface area contributed by atoms with Gasteiger partial charge in [-0.25, -0.2) is 4.79 Å². The van der Waals surface area contributed by atoms with E-state index in [2.05, 4.69) is 15.4 Å². The number of amides is 2. The maximum absolute atomic E-state index is 12.4. The summed E-state index contributed by atoms with van der Waals surface area (Å²) < 4.78 is 45.5. The quantitative estimate of drug-likeness (QED) is 0.462. The van der Waals surface area contributed by atoms with Gasteiger partial charge in [0.05, 0.1) is 10.4 Å². The SMILES string of the molecule is CC(OC(=O)c1cccc(NC(=O)c2cccs2)c1)C(=O)Nc1ccc(OC(F)(F)F)cc1. The van der Waals surface area contributed by atoms with E-state index in [-0.39, 0.29) is 17.2 Å². The average Bonchev–Trinajstić information content (AvgIpc) is 3.29. The molecule has 7 nitrogen and oxygen atoms in total. The van der Waals surface area contributed by atoms with Crippen LogP contribution in [0.2, 0.25) is 0 Å². The van der Waals surface area contributed by atoms with E-state index in [0.717, 1.165) is 12.1 Å². The number of anilines is 2. The molecular weight excluding hydrogens is 461 g/mol. The van der Waals surface area contributed by atoms with Gasteiger partial charge >= 0.3 is 12.3 Å². The first kappa shape index (κ1) is 23.8. The molecule has 2 aromatic carbocycles. The number of esters is 1. The van der Waals surface area contributed by atoms with Crippen molar-refractivity contribution in [2.24, 2.45) is 0 Å². The number of carbonyl (C=O) groups excluding carboxylic acids is 3. The second kappa shape index (κ2) is 10.2. The van der Waals surface area contributed by atoms with Crippen molar-refractivity contribution in [1.29, 1.82) is 0 Å². The largest absolute Gasteiger partial charge is 0.573 e. The molecule has 0 saturated heterocycles. The molecule has 172 valence electrons. The Morgan fingerprint density at radius 3 is 2.30 bits per heavy atom. The Morgan fingerprint density at radius 1 is 0.939 bits per heavy atom. The lowest BCUT2D eigenvalue weighted by Crippen LogP contribution is -2.30. The Bertz CT molecular complexity index is 1130. The lowest BCUT2D eigenvalue weighted by Gasteiger charge is -2.14. The van der Waals surface area contributed by atoms with E-state index in [1.54, 1.807) is 29.6 Å². The molecular formula is C22H17F3N2O5S. The number of ether oxygens (including phenoxy) is 2. The van der Waals surface area contributed by atoms with Crippen LogP contribution in [0.1, 0.15) is 27.0 Å². The van der Waals surface area contributed by atoms with Crippen LogP contribution in [-0.2, 0) is 9.53 Å². The molecule has 0 aliphatic heterocycles. The third-order valence-electron chi connectivity index (χ3n) is 4.11. The summed E-state index contributed by atoms with van der Waals surface area (Å²) in [6.45, 7) is 1.34. The number of carbonyl (C=O) groups is 3. The zero-order valence-electron chi connectivity index (χ0n) is 17.0. The van der Waals surface area contributed by atoms with Gasteiger partial charge in [0.2, 0.25) is 0 Å². The van der Waals surface area contributed by atoms with Crippen LogP contribution in [0.5, 0.6) is 5.75 Å². The first-order valence-electron chi connectivity index (χ1n) is 9.43. The molecule has 0 aliphatic rings. The normalized spacial score (nSPS) is 11.9. The predicted molar refractivity (Wildman–Crippen MR) is 115 cm³/mol. The molecule has 0 bridgehead atoms. The molecule has 3 aromatic rings. The van der Waals surface area contributed by atoms with E-state index in [4.69, 9.17) is 4.74 Å². The van der Waals surface area contributed by atoms with Crippen molar-refractivity contribution in [3.05, 3.63) is 76.5 Å². The van der Waals surface area contributed by atoms with Gasteiger partial charge in [-0.2, -0.15) is 0 Å². The highest BCUT2D eigenvalue weighted by atomic mass is 32.1. The number of thiophene rings is 1. The number of alkyl halides is 3. The molecule has 1 unspecified atom stereocenters. The van der Waals surface area contributed by atoms with Crippen LogP contribution in [0, 0.1) is 0 Å². The highest BCUT2D eigenvalue weighted by Gasteiger charge is 2.31. The summed E-state index contributed by atoms with van der Waals surface area (Å²) in [6.07, 6.45) is -6.02. The lowest BCUT2D eigenvalue weighted by molar-refractivity contribution is -0.274. The van der Waals surface area contributed by atoms with E-state index in [1.165, 1.54) is 42.5 Å². The first-order valence-corrected chi connectivity index (χ1v) is 10.3. The van der Waals surface area contributed by atoms with Gasteiger partial charge in [0.1, 0.15) is 5.75 Å². The van der Waals surface area contributed by atoms with Gasteiger partial charge in [-0.15, -0.1) is 24.5 Å². The average molecular weight is 478 g/mol. The molecule has 2 N–H and O–H groups in total. The fourth-order valence-electron chi connectivity index (χ4n) is 2.59. The zero-order chi connectivity index (χ0) is 24.0. The van der Waals surface area contributed by atoms with Crippen molar-refractivity contribution in [2.75, 3.05) is 10.6 Å². The number of rotatable bonds is 7. The molecule has 0 fully saturated rings. The Morgan fingerprint density at radius 2 is 1.67 bits per heavy atom. The van der Waals surface area contributed by atoms with Gasteiger partial charge in [-0.3, -0.25) is 9.59 Å². The van der Waals surface area contributed by atoms with E-state index in [1.807, 2.05) is 0 Å². The highest BCUT2D eigenvalue weighted by molar-refractivity contribution is 7.12. The summed E-state index contributed by atoms with van der Waals surface area (Å²) in [5, 5.41) is 6.87.